The SMILES string of the molecule is CC1(C)C[C@@H]1N1C(=O)NC(Cc2ccccc2)C1=O. The number of amides is 3. The van der Waals surface area contributed by atoms with Gasteiger partial charge in [0.1, 0.15) is 6.04 Å². The number of rotatable bonds is 3. The smallest absolute Gasteiger partial charge is 0.325 e. The highest BCUT2D eigenvalue weighted by Gasteiger charge is 2.56. The fourth-order valence-electron chi connectivity index (χ4n) is 2.71. The lowest BCUT2D eigenvalue weighted by Crippen LogP contribution is -2.36. The molecule has 2 fully saturated rings. The molecule has 0 aromatic heterocycles. The minimum absolute atomic E-state index is 0.0702. The molecule has 3 rings (SSSR count). The van der Waals surface area contributed by atoms with Crippen LogP contribution in [-0.2, 0) is 11.2 Å². The lowest BCUT2D eigenvalue weighted by atomic mass is 10.1. The van der Waals surface area contributed by atoms with Crippen LogP contribution >= 0.6 is 0 Å². The van der Waals surface area contributed by atoms with Crippen LogP contribution in [0.2, 0.25) is 0 Å². The Labute approximate surface area is 112 Å². The van der Waals surface area contributed by atoms with Crippen molar-refractivity contribution >= 4 is 11.9 Å². The Morgan fingerprint density at radius 3 is 2.47 bits per heavy atom. The van der Waals surface area contributed by atoms with Crippen molar-refractivity contribution in [3.63, 3.8) is 0 Å². The molecule has 4 nitrogen and oxygen atoms in total. The Kier molecular flexibility index (Phi) is 2.62. The fraction of sp³-hybridized carbons (Fsp3) is 0.467. The van der Waals surface area contributed by atoms with Gasteiger partial charge < -0.3 is 5.32 Å². The molecule has 0 spiro atoms. The van der Waals surface area contributed by atoms with Gasteiger partial charge in [-0.2, -0.15) is 0 Å². The van der Waals surface area contributed by atoms with Crippen LogP contribution in [0.5, 0.6) is 0 Å². The third-order valence-corrected chi connectivity index (χ3v) is 4.11. The van der Waals surface area contributed by atoms with Crippen molar-refractivity contribution < 1.29 is 9.59 Å². The van der Waals surface area contributed by atoms with Crippen molar-refractivity contribution in [1.29, 1.82) is 0 Å². The van der Waals surface area contributed by atoms with Gasteiger partial charge in [0.2, 0.25) is 0 Å². The summed E-state index contributed by atoms with van der Waals surface area (Å²) in [5.74, 6) is -0.0792. The fourth-order valence-corrected chi connectivity index (χ4v) is 2.71. The molecule has 19 heavy (non-hydrogen) atoms. The van der Waals surface area contributed by atoms with E-state index < -0.39 is 6.04 Å². The first-order valence-corrected chi connectivity index (χ1v) is 6.66. The number of hydrogen-bond acceptors (Lipinski definition) is 2. The minimum Gasteiger partial charge on any atom is -0.325 e. The molecule has 1 heterocycles. The molecule has 100 valence electrons. The van der Waals surface area contributed by atoms with Crippen molar-refractivity contribution in [3.05, 3.63) is 35.9 Å². The van der Waals surface area contributed by atoms with Gasteiger partial charge in [-0.3, -0.25) is 9.69 Å². The molecule has 1 aromatic rings. The zero-order chi connectivity index (χ0) is 13.6. The predicted octanol–water partition coefficient (Wildman–Crippen LogP) is 1.95. The molecule has 4 heteroatoms. The van der Waals surface area contributed by atoms with Crippen molar-refractivity contribution in [1.82, 2.24) is 10.2 Å². The summed E-state index contributed by atoms with van der Waals surface area (Å²) in [4.78, 5) is 25.7. The lowest BCUT2D eigenvalue weighted by Gasteiger charge is -2.14. The third-order valence-electron chi connectivity index (χ3n) is 4.11. The van der Waals surface area contributed by atoms with Crippen LogP contribution in [0, 0.1) is 5.41 Å². The summed E-state index contributed by atoms with van der Waals surface area (Å²) in [6, 6.07) is 9.20. The lowest BCUT2D eigenvalue weighted by molar-refractivity contribution is -0.128. The van der Waals surface area contributed by atoms with Gasteiger partial charge >= 0.3 is 6.03 Å². The van der Waals surface area contributed by atoms with Crippen molar-refractivity contribution in [2.75, 3.05) is 0 Å². The van der Waals surface area contributed by atoms with Crippen molar-refractivity contribution in [3.8, 4) is 0 Å². The summed E-state index contributed by atoms with van der Waals surface area (Å²) in [5, 5.41) is 2.80. The number of nitrogens with one attached hydrogen (secondary N) is 1. The van der Waals surface area contributed by atoms with Gasteiger partial charge in [-0.1, -0.05) is 44.2 Å². The van der Waals surface area contributed by atoms with Crippen LogP contribution < -0.4 is 5.32 Å². The van der Waals surface area contributed by atoms with E-state index >= 15 is 0 Å². The van der Waals surface area contributed by atoms with Crippen LogP contribution in [-0.4, -0.2) is 28.9 Å². The van der Waals surface area contributed by atoms with E-state index in [-0.39, 0.29) is 23.4 Å². The number of nitrogens with zero attached hydrogens (tertiary/aromatic N) is 1. The average molecular weight is 258 g/mol. The molecular formula is C15H18N2O2. The van der Waals surface area contributed by atoms with E-state index in [1.54, 1.807) is 0 Å². The highest BCUT2D eigenvalue weighted by molar-refractivity contribution is 6.05. The Hall–Kier alpha value is -1.84. The number of benzene rings is 1. The van der Waals surface area contributed by atoms with E-state index in [2.05, 4.69) is 19.2 Å². The first kappa shape index (κ1) is 12.2. The van der Waals surface area contributed by atoms with Gasteiger partial charge in [0, 0.05) is 12.5 Å². The van der Waals surface area contributed by atoms with Crippen LogP contribution in [0.3, 0.4) is 0 Å². The summed E-state index contributed by atoms with van der Waals surface area (Å²) >= 11 is 0. The average Bonchev–Trinajstić information content (AvgIpc) is 2.88. The number of carbonyl (C=O) groups excluding carboxylic acids is 2. The minimum atomic E-state index is -0.411. The number of imide groups is 1. The summed E-state index contributed by atoms with van der Waals surface area (Å²) in [5.41, 5.74) is 1.15. The molecule has 1 unspecified atom stereocenters. The Morgan fingerprint density at radius 2 is 1.89 bits per heavy atom. The second-order valence-electron chi connectivity index (χ2n) is 6.11. The van der Waals surface area contributed by atoms with E-state index in [0.29, 0.717) is 6.42 Å². The zero-order valence-electron chi connectivity index (χ0n) is 11.2. The van der Waals surface area contributed by atoms with Crippen LogP contribution in [0.1, 0.15) is 25.8 Å². The Morgan fingerprint density at radius 1 is 1.26 bits per heavy atom. The Balaban J connectivity index is 1.73. The van der Waals surface area contributed by atoms with Crippen LogP contribution in [0.25, 0.3) is 0 Å². The third kappa shape index (κ3) is 2.11. The molecule has 1 N–H and O–H groups in total. The van der Waals surface area contributed by atoms with Crippen molar-refractivity contribution in [2.24, 2.45) is 5.41 Å². The number of urea groups is 1. The van der Waals surface area contributed by atoms with Crippen LogP contribution in [0.4, 0.5) is 4.79 Å². The molecule has 0 bridgehead atoms. The number of carbonyl (C=O) groups is 2. The van der Waals surface area contributed by atoms with Gasteiger partial charge in [-0.05, 0) is 17.4 Å². The van der Waals surface area contributed by atoms with E-state index in [9.17, 15) is 9.59 Å². The normalized spacial score (nSPS) is 28.4. The van der Waals surface area contributed by atoms with Gasteiger partial charge in [0.15, 0.2) is 0 Å². The maximum Gasteiger partial charge on any atom is 0.325 e. The first-order chi connectivity index (χ1) is 8.99. The highest BCUT2D eigenvalue weighted by atomic mass is 16.2. The highest BCUT2D eigenvalue weighted by Crippen LogP contribution is 2.49. The standard InChI is InChI=1S/C15H18N2O2/c1-15(2)9-12(15)17-13(18)11(16-14(17)19)8-10-6-4-3-5-7-10/h3-7,11-12H,8-9H2,1-2H3,(H,16,19)/t11?,12-/m0/s1. The molecule has 1 aliphatic heterocycles. The molecule has 1 saturated heterocycles. The van der Waals surface area contributed by atoms with E-state index in [1.807, 2.05) is 30.3 Å². The predicted molar refractivity (Wildman–Crippen MR) is 71.5 cm³/mol. The maximum absolute atomic E-state index is 12.3. The second kappa shape index (κ2) is 4.08. The zero-order valence-corrected chi connectivity index (χ0v) is 11.2. The molecule has 2 atom stereocenters. The van der Waals surface area contributed by atoms with Gasteiger partial charge in [-0.25, -0.2) is 4.79 Å². The summed E-state index contributed by atoms with van der Waals surface area (Å²) in [6.45, 7) is 4.17. The first-order valence-electron chi connectivity index (χ1n) is 6.66. The monoisotopic (exact) mass is 258 g/mol. The van der Waals surface area contributed by atoms with Crippen LogP contribution in [0.15, 0.2) is 30.3 Å². The molecule has 0 radical (unpaired) electrons. The Bertz CT molecular complexity index is 524. The second-order valence-corrected chi connectivity index (χ2v) is 6.11. The molecule has 3 amide bonds. The summed E-state index contributed by atoms with van der Waals surface area (Å²) in [7, 11) is 0. The van der Waals surface area contributed by atoms with Crippen molar-refractivity contribution in [2.45, 2.75) is 38.8 Å². The number of hydrogen-bond donors (Lipinski definition) is 1. The van der Waals surface area contributed by atoms with Gasteiger partial charge in [0.05, 0.1) is 0 Å². The van der Waals surface area contributed by atoms with E-state index in [0.717, 1.165) is 12.0 Å². The van der Waals surface area contributed by atoms with Gasteiger partial charge in [-0.15, -0.1) is 0 Å². The molecule has 1 saturated carbocycles. The molecular weight excluding hydrogens is 240 g/mol. The quantitative estimate of drug-likeness (QED) is 0.842. The molecule has 1 aromatic carbocycles. The maximum atomic E-state index is 12.3. The van der Waals surface area contributed by atoms with E-state index in [1.165, 1.54) is 4.90 Å². The van der Waals surface area contributed by atoms with Gasteiger partial charge in [0.25, 0.3) is 5.91 Å². The van der Waals surface area contributed by atoms with E-state index in [4.69, 9.17) is 0 Å². The summed E-state index contributed by atoms with van der Waals surface area (Å²) in [6.07, 6.45) is 1.47. The summed E-state index contributed by atoms with van der Waals surface area (Å²) < 4.78 is 0. The molecule has 2 aliphatic rings. The topological polar surface area (TPSA) is 49.4 Å². The largest absolute Gasteiger partial charge is 0.325 e. The molecule has 1 aliphatic carbocycles.